The standard InChI is InChI=1S/C8H10O3/c1-2-5-11-8(9)7-4-3-6-10-7/h1,7H,3-6H2/t7-/m0/s1. The van der Waals surface area contributed by atoms with Crippen molar-refractivity contribution in [3.63, 3.8) is 0 Å². The second kappa shape index (κ2) is 3.99. The Hall–Kier alpha value is -1.01. The van der Waals surface area contributed by atoms with Crippen molar-refractivity contribution in [2.45, 2.75) is 18.9 Å². The predicted molar refractivity (Wildman–Crippen MR) is 38.8 cm³/mol. The average molecular weight is 154 g/mol. The lowest BCUT2D eigenvalue weighted by atomic mass is 10.2. The number of carbonyl (C=O) groups excluding carboxylic acids is 1. The van der Waals surface area contributed by atoms with Crippen molar-refractivity contribution < 1.29 is 14.3 Å². The first-order chi connectivity index (χ1) is 5.34. The molecule has 0 bridgehead atoms. The fourth-order valence-electron chi connectivity index (χ4n) is 0.969. The minimum absolute atomic E-state index is 0.0404. The smallest absolute Gasteiger partial charge is 0.336 e. The number of esters is 1. The van der Waals surface area contributed by atoms with E-state index in [1.54, 1.807) is 0 Å². The number of terminal acetylenes is 1. The molecule has 1 saturated heterocycles. The summed E-state index contributed by atoms with van der Waals surface area (Å²) in [7, 11) is 0. The largest absolute Gasteiger partial charge is 0.451 e. The van der Waals surface area contributed by atoms with Gasteiger partial charge in [0, 0.05) is 6.61 Å². The maximum absolute atomic E-state index is 11.0. The van der Waals surface area contributed by atoms with Crippen LogP contribution in [0.1, 0.15) is 12.8 Å². The van der Waals surface area contributed by atoms with Gasteiger partial charge >= 0.3 is 5.97 Å². The number of rotatable bonds is 2. The van der Waals surface area contributed by atoms with Gasteiger partial charge in [-0.2, -0.15) is 0 Å². The van der Waals surface area contributed by atoms with Crippen molar-refractivity contribution >= 4 is 5.97 Å². The molecule has 0 radical (unpaired) electrons. The third-order valence-electron chi connectivity index (χ3n) is 1.49. The van der Waals surface area contributed by atoms with Crippen LogP contribution in [0.15, 0.2) is 0 Å². The van der Waals surface area contributed by atoms with Crippen LogP contribution in [0.2, 0.25) is 0 Å². The van der Waals surface area contributed by atoms with Gasteiger partial charge in [0.2, 0.25) is 0 Å². The van der Waals surface area contributed by atoms with Crippen LogP contribution in [0.4, 0.5) is 0 Å². The fraction of sp³-hybridized carbons (Fsp3) is 0.625. The molecule has 0 aromatic rings. The van der Waals surface area contributed by atoms with Gasteiger partial charge in [-0.3, -0.25) is 0 Å². The van der Waals surface area contributed by atoms with Gasteiger partial charge in [-0.25, -0.2) is 4.79 Å². The lowest BCUT2D eigenvalue weighted by Crippen LogP contribution is -2.22. The molecule has 1 rings (SSSR count). The molecule has 11 heavy (non-hydrogen) atoms. The summed E-state index contributed by atoms with van der Waals surface area (Å²) in [5.74, 6) is 1.89. The van der Waals surface area contributed by atoms with E-state index in [1.165, 1.54) is 0 Å². The second-order valence-electron chi connectivity index (χ2n) is 2.31. The van der Waals surface area contributed by atoms with E-state index in [2.05, 4.69) is 10.7 Å². The molecule has 0 aromatic heterocycles. The van der Waals surface area contributed by atoms with E-state index in [1.807, 2.05) is 0 Å². The number of hydrogen-bond donors (Lipinski definition) is 0. The molecular weight excluding hydrogens is 144 g/mol. The molecule has 0 amide bonds. The lowest BCUT2D eigenvalue weighted by molar-refractivity contribution is -0.152. The van der Waals surface area contributed by atoms with Crippen LogP contribution in [-0.4, -0.2) is 25.3 Å². The topological polar surface area (TPSA) is 35.5 Å². The number of carbonyl (C=O) groups is 1. The Bertz CT molecular complexity index is 174. The monoisotopic (exact) mass is 154 g/mol. The minimum Gasteiger partial charge on any atom is -0.451 e. The molecule has 0 saturated carbocycles. The highest BCUT2D eigenvalue weighted by atomic mass is 16.6. The summed E-state index contributed by atoms with van der Waals surface area (Å²) < 4.78 is 9.74. The first-order valence-electron chi connectivity index (χ1n) is 3.56. The highest BCUT2D eigenvalue weighted by molar-refractivity contribution is 5.75. The first kappa shape index (κ1) is 8.09. The Labute approximate surface area is 65.7 Å². The molecule has 0 N–H and O–H groups in total. The molecule has 0 spiro atoms. The van der Waals surface area contributed by atoms with Crippen LogP contribution < -0.4 is 0 Å². The van der Waals surface area contributed by atoms with Gasteiger partial charge in [0.1, 0.15) is 0 Å². The van der Waals surface area contributed by atoms with Crippen LogP contribution in [0.3, 0.4) is 0 Å². The van der Waals surface area contributed by atoms with Crippen molar-refractivity contribution in [2.75, 3.05) is 13.2 Å². The van der Waals surface area contributed by atoms with Gasteiger partial charge in [-0.05, 0) is 12.8 Å². The Balaban J connectivity index is 2.24. The van der Waals surface area contributed by atoms with Crippen LogP contribution in [0.25, 0.3) is 0 Å². The molecule has 1 fully saturated rings. The van der Waals surface area contributed by atoms with E-state index in [0.717, 1.165) is 12.8 Å². The quantitative estimate of drug-likeness (QED) is 0.425. The van der Waals surface area contributed by atoms with Crippen molar-refractivity contribution in [2.24, 2.45) is 0 Å². The van der Waals surface area contributed by atoms with E-state index in [0.29, 0.717) is 6.61 Å². The van der Waals surface area contributed by atoms with E-state index >= 15 is 0 Å². The van der Waals surface area contributed by atoms with Crippen LogP contribution >= 0.6 is 0 Å². The van der Waals surface area contributed by atoms with Crippen LogP contribution in [0, 0.1) is 12.3 Å². The van der Waals surface area contributed by atoms with E-state index in [4.69, 9.17) is 11.2 Å². The van der Waals surface area contributed by atoms with E-state index in [9.17, 15) is 4.79 Å². The molecular formula is C8H10O3. The average Bonchev–Trinajstić information content (AvgIpc) is 2.52. The molecule has 0 unspecified atom stereocenters. The molecule has 1 aliphatic rings. The zero-order valence-corrected chi connectivity index (χ0v) is 6.21. The summed E-state index contributed by atoms with van der Waals surface area (Å²) in [6, 6.07) is 0. The second-order valence-corrected chi connectivity index (χ2v) is 2.31. The van der Waals surface area contributed by atoms with Crippen LogP contribution in [0.5, 0.6) is 0 Å². The number of ether oxygens (including phenoxy) is 2. The molecule has 3 nitrogen and oxygen atoms in total. The molecule has 60 valence electrons. The summed E-state index contributed by atoms with van der Waals surface area (Å²) >= 11 is 0. The minimum atomic E-state index is -0.372. The van der Waals surface area contributed by atoms with Gasteiger partial charge in [-0.15, -0.1) is 6.42 Å². The third-order valence-corrected chi connectivity index (χ3v) is 1.49. The predicted octanol–water partition coefficient (Wildman–Crippen LogP) is 0.342. The molecule has 1 atom stereocenters. The van der Waals surface area contributed by atoms with Gasteiger partial charge in [0.15, 0.2) is 12.7 Å². The zero-order valence-electron chi connectivity index (χ0n) is 6.21. The van der Waals surface area contributed by atoms with Crippen molar-refractivity contribution in [1.29, 1.82) is 0 Å². The van der Waals surface area contributed by atoms with E-state index in [-0.39, 0.29) is 18.7 Å². The zero-order chi connectivity index (χ0) is 8.10. The van der Waals surface area contributed by atoms with Crippen LogP contribution in [-0.2, 0) is 14.3 Å². The summed E-state index contributed by atoms with van der Waals surface area (Å²) in [4.78, 5) is 11.0. The lowest BCUT2D eigenvalue weighted by Gasteiger charge is -2.06. The van der Waals surface area contributed by atoms with Crippen molar-refractivity contribution in [1.82, 2.24) is 0 Å². The summed E-state index contributed by atoms with van der Waals surface area (Å²) in [6.45, 7) is 0.689. The third kappa shape index (κ3) is 2.24. The molecule has 3 heteroatoms. The van der Waals surface area contributed by atoms with Gasteiger partial charge in [0.25, 0.3) is 0 Å². The molecule has 0 aliphatic carbocycles. The highest BCUT2D eigenvalue weighted by Gasteiger charge is 2.24. The maximum Gasteiger partial charge on any atom is 0.336 e. The Kier molecular flexibility index (Phi) is 2.94. The fourth-order valence-corrected chi connectivity index (χ4v) is 0.969. The Morgan fingerprint density at radius 2 is 2.64 bits per heavy atom. The van der Waals surface area contributed by atoms with E-state index < -0.39 is 0 Å². The number of hydrogen-bond acceptors (Lipinski definition) is 3. The van der Waals surface area contributed by atoms with Gasteiger partial charge in [0.05, 0.1) is 0 Å². The first-order valence-corrected chi connectivity index (χ1v) is 3.56. The Morgan fingerprint density at radius 1 is 1.82 bits per heavy atom. The van der Waals surface area contributed by atoms with Gasteiger partial charge < -0.3 is 9.47 Å². The SMILES string of the molecule is C#CCOC(=O)[C@@H]1CCCO1. The molecule has 1 aliphatic heterocycles. The summed E-state index contributed by atoms with van der Waals surface area (Å²) in [5.41, 5.74) is 0. The Morgan fingerprint density at radius 3 is 3.18 bits per heavy atom. The molecule has 0 aromatic carbocycles. The van der Waals surface area contributed by atoms with Gasteiger partial charge in [-0.1, -0.05) is 5.92 Å². The van der Waals surface area contributed by atoms with Crippen molar-refractivity contribution in [3.8, 4) is 12.3 Å². The maximum atomic E-state index is 11.0. The van der Waals surface area contributed by atoms with Crippen molar-refractivity contribution in [3.05, 3.63) is 0 Å². The highest BCUT2D eigenvalue weighted by Crippen LogP contribution is 2.12. The molecule has 1 heterocycles. The normalized spacial score (nSPS) is 22.6. The summed E-state index contributed by atoms with van der Waals surface area (Å²) in [6.07, 6.45) is 6.22. The summed E-state index contributed by atoms with van der Waals surface area (Å²) in [5, 5.41) is 0.